The molecule has 1 aliphatic rings. The highest BCUT2D eigenvalue weighted by Crippen LogP contribution is 2.13. The second-order valence-corrected chi connectivity index (χ2v) is 2.38. The van der Waals surface area contributed by atoms with Gasteiger partial charge in [0.05, 0.1) is 0 Å². The Morgan fingerprint density at radius 1 is 1.55 bits per heavy atom. The van der Waals surface area contributed by atoms with Crippen molar-refractivity contribution in [3.05, 3.63) is 12.3 Å². The number of likely N-dealkylation sites (tertiary alicyclic amines) is 1. The van der Waals surface area contributed by atoms with Gasteiger partial charge in [-0.1, -0.05) is 20.4 Å². The molecule has 0 bridgehead atoms. The first-order valence-corrected chi connectivity index (χ1v) is 4.17. The lowest BCUT2D eigenvalue weighted by molar-refractivity contribution is -0.126. The van der Waals surface area contributed by atoms with Gasteiger partial charge in [0.2, 0.25) is 5.91 Å². The maximum atomic E-state index is 10.9. The molecular formula is C9H17NO. The van der Waals surface area contributed by atoms with Gasteiger partial charge in [0.25, 0.3) is 0 Å². The molecule has 1 aliphatic heterocycles. The van der Waals surface area contributed by atoms with Crippen LogP contribution in [0.2, 0.25) is 0 Å². The third-order valence-electron chi connectivity index (χ3n) is 1.53. The van der Waals surface area contributed by atoms with E-state index in [4.69, 9.17) is 0 Å². The molecule has 1 rings (SSSR count). The summed E-state index contributed by atoms with van der Waals surface area (Å²) in [6.45, 7) is 10.4. The second-order valence-electron chi connectivity index (χ2n) is 2.38. The molecule has 2 heteroatoms. The first-order chi connectivity index (χ1) is 5.22. The molecule has 0 aromatic rings. The summed E-state index contributed by atoms with van der Waals surface area (Å²) in [5.74, 6) is 0.225. The number of carbonyl (C=O) groups excluding carboxylic acids is 1. The molecule has 0 unspecified atom stereocenters. The number of amides is 1. The van der Waals surface area contributed by atoms with Crippen LogP contribution in [0.3, 0.4) is 0 Å². The summed E-state index contributed by atoms with van der Waals surface area (Å²) >= 11 is 0. The fourth-order valence-electron chi connectivity index (χ4n) is 1.05. The Morgan fingerprint density at radius 2 is 2.09 bits per heavy atom. The molecule has 64 valence electrons. The van der Waals surface area contributed by atoms with E-state index in [1.165, 1.54) is 0 Å². The fourth-order valence-corrected chi connectivity index (χ4v) is 1.05. The van der Waals surface area contributed by atoms with Gasteiger partial charge < -0.3 is 4.90 Å². The van der Waals surface area contributed by atoms with Gasteiger partial charge in [0.15, 0.2) is 0 Å². The number of allylic oxidation sites excluding steroid dienone is 1. The van der Waals surface area contributed by atoms with Gasteiger partial charge in [0.1, 0.15) is 0 Å². The zero-order valence-corrected chi connectivity index (χ0v) is 7.68. The number of carbonyl (C=O) groups is 1. The summed E-state index contributed by atoms with van der Waals surface area (Å²) in [7, 11) is 0. The van der Waals surface area contributed by atoms with Crippen molar-refractivity contribution >= 4 is 5.91 Å². The Morgan fingerprint density at radius 3 is 2.27 bits per heavy atom. The van der Waals surface area contributed by atoms with Crippen molar-refractivity contribution in [3.8, 4) is 0 Å². The van der Waals surface area contributed by atoms with Crippen LogP contribution in [0.15, 0.2) is 12.3 Å². The van der Waals surface area contributed by atoms with Crippen LogP contribution in [0, 0.1) is 0 Å². The lowest BCUT2D eigenvalue weighted by Gasteiger charge is -2.13. The Hall–Kier alpha value is -0.790. The van der Waals surface area contributed by atoms with Gasteiger partial charge in [-0.25, -0.2) is 0 Å². The first-order valence-electron chi connectivity index (χ1n) is 4.17. The van der Waals surface area contributed by atoms with E-state index in [1.807, 2.05) is 20.8 Å². The van der Waals surface area contributed by atoms with Crippen LogP contribution in [0.1, 0.15) is 33.6 Å². The van der Waals surface area contributed by atoms with E-state index >= 15 is 0 Å². The molecule has 1 heterocycles. The van der Waals surface area contributed by atoms with Gasteiger partial charge in [-0.05, 0) is 13.3 Å². The van der Waals surface area contributed by atoms with E-state index in [9.17, 15) is 4.79 Å². The van der Waals surface area contributed by atoms with E-state index in [0.717, 1.165) is 18.7 Å². The Labute approximate surface area is 68.9 Å². The van der Waals surface area contributed by atoms with Crippen LogP contribution in [0.25, 0.3) is 0 Å². The van der Waals surface area contributed by atoms with Crippen molar-refractivity contribution in [3.63, 3.8) is 0 Å². The zero-order chi connectivity index (χ0) is 8.85. The first kappa shape index (κ1) is 10.2. The summed E-state index contributed by atoms with van der Waals surface area (Å²) in [4.78, 5) is 12.6. The molecule has 0 radical (unpaired) electrons. The average molecular weight is 155 g/mol. The molecule has 0 atom stereocenters. The average Bonchev–Trinajstić information content (AvgIpc) is 2.39. The van der Waals surface area contributed by atoms with Crippen molar-refractivity contribution < 1.29 is 4.79 Å². The van der Waals surface area contributed by atoms with E-state index in [1.54, 1.807) is 4.90 Å². The van der Waals surface area contributed by atoms with E-state index < -0.39 is 0 Å². The third kappa shape index (κ3) is 2.74. The van der Waals surface area contributed by atoms with Crippen molar-refractivity contribution in [2.75, 3.05) is 6.54 Å². The van der Waals surface area contributed by atoms with Crippen LogP contribution in [0.5, 0.6) is 0 Å². The van der Waals surface area contributed by atoms with Crippen molar-refractivity contribution in [2.24, 2.45) is 0 Å². The van der Waals surface area contributed by atoms with E-state index in [0.29, 0.717) is 6.42 Å². The van der Waals surface area contributed by atoms with Gasteiger partial charge in [-0.2, -0.15) is 0 Å². The van der Waals surface area contributed by atoms with Gasteiger partial charge in [-0.15, -0.1) is 0 Å². The lowest BCUT2D eigenvalue weighted by atomic mass is 10.4. The maximum absolute atomic E-state index is 10.9. The molecule has 2 nitrogen and oxygen atoms in total. The van der Waals surface area contributed by atoms with Crippen molar-refractivity contribution in [2.45, 2.75) is 33.6 Å². The quantitative estimate of drug-likeness (QED) is 0.568. The lowest BCUT2D eigenvalue weighted by Crippen LogP contribution is -2.21. The largest absolute Gasteiger partial charge is 0.317 e. The predicted octanol–water partition coefficient (Wildman–Crippen LogP) is 2.17. The SMILES string of the molecule is C=C(C)N1CCCC1=O.CC. The van der Waals surface area contributed by atoms with Crippen LogP contribution >= 0.6 is 0 Å². The molecule has 0 aromatic heterocycles. The summed E-state index contributed by atoms with van der Waals surface area (Å²) in [5, 5.41) is 0. The molecule has 0 aliphatic carbocycles. The maximum Gasteiger partial charge on any atom is 0.226 e. The van der Waals surface area contributed by atoms with Crippen LogP contribution in [-0.4, -0.2) is 17.4 Å². The molecule has 0 N–H and O–H groups in total. The van der Waals surface area contributed by atoms with Gasteiger partial charge in [0, 0.05) is 18.7 Å². The minimum absolute atomic E-state index is 0.225. The number of hydrogen-bond acceptors (Lipinski definition) is 1. The summed E-state index contributed by atoms with van der Waals surface area (Å²) in [5.41, 5.74) is 0.873. The predicted molar refractivity (Wildman–Crippen MR) is 47.1 cm³/mol. The van der Waals surface area contributed by atoms with E-state index in [2.05, 4.69) is 6.58 Å². The second kappa shape index (κ2) is 4.94. The molecule has 0 aromatic carbocycles. The minimum Gasteiger partial charge on any atom is -0.317 e. The Bertz CT molecular complexity index is 152. The van der Waals surface area contributed by atoms with Crippen LogP contribution < -0.4 is 0 Å². The highest BCUT2D eigenvalue weighted by molar-refractivity contribution is 5.79. The van der Waals surface area contributed by atoms with Crippen molar-refractivity contribution in [1.82, 2.24) is 4.90 Å². The molecule has 11 heavy (non-hydrogen) atoms. The molecule has 0 saturated carbocycles. The smallest absolute Gasteiger partial charge is 0.226 e. The van der Waals surface area contributed by atoms with Crippen LogP contribution in [-0.2, 0) is 4.79 Å². The van der Waals surface area contributed by atoms with Crippen LogP contribution in [0.4, 0.5) is 0 Å². The zero-order valence-electron chi connectivity index (χ0n) is 7.68. The Balaban J connectivity index is 0.000000461. The van der Waals surface area contributed by atoms with E-state index in [-0.39, 0.29) is 5.91 Å². The third-order valence-corrected chi connectivity index (χ3v) is 1.53. The normalized spacial score (nSPS) is 15.9. The number of nitrogens with zero attached hydrogens (tertiary/aromatic N) is 1. The fraction of sp³-hybridized carbons (Fsp3) is 0.667. The van der Waals surface area contributed by atoms with Gasteiger partial charge >= 0.3 is 0 Å². The standard InChI is InChI=1S/C7H11NO.C2H6/c1-6(2)8-5-3-4-7(8)9;1-2/h1,3-5H2,2H3;1-2H3. The molecular weight excluding hydrogens is 138 g/mol. The highest BCUT2D eigenvalue weighted by atomic mass is 16.2. The highest BCUT2D eigenvalue weighted by Gasteiger charge is 2.19. The molecule has 1 saturated heterocycles. The molecule has 0 spiro atoms. The summed E-state index contributed by atoms with van der Waals surface area (Å²) in [6.07, 6.45) is 1.69. The molecule has 1 amide bonds. The topological polar surface area (TPSA) is 20.3 Å². The number of rotatable bonds is 1. The summed E-state index contributed by atoms with van der Waals surface area (Å²) < 4.78 is 0. The summed E-state index contributed by atoms with van der Waals surface area (Å²) in [6, 6.07) is 0. The minimum atomic E-state index is 0.225. The number of hydrogen-bond donors (Lipinski definition) is 0. The van der Waals surface area contributed by atoms with Crippen molar-refractivity contribution in [1.29, 1.82) is 0 Å². The monoisotopic (exact) mass is 155 g/mol. The Kier molecular flexibility index (Phi) is 4.59. The molecule has 1 fully saturated rings. The van der Waals surface area contributed by atoms with Gasteiger partial charge in [-0.3, -0.25) is 4.79 Å².